The van der Waals surface area contributed by atoms with E-state index in [0.717, 1.165) is 5.82 Å². The molecule has 0 spiro atoms. The van der Waals surface area contributed by atoms with Gasteiger partial charge in [-0.1, -0.05) is 19.3 Å². The van der Waals surface area contributed by atoms with Gasteiger partial charge < -0.3 is 5.11 Å². The third kappa shape index (κ3) is 3.01. The molecule has 2 aromatic rings. The number of hydrogen-bond acceptors (Lipinski definition) is 5. The fourth-order valence-corrected chi connectivity index (χ4v) is 2.49. The van der Waals surface area contributed by atoms with E-state index in [1.165, 1.54) is 32.1 Å². The first-order valence-electron chi connectivity index (χ1n) is 6.94. The lowest BCUT2D eigenvalue weighted by Gasteiger charge is -2.18. The summed E-state index contributed by atoms with van der Waals surface area (Å²) >= 11 is 0. The van der Waals surface area contributed by atoms with Crippen LogP contribution in [0.15, 0.2) is 34.5 Å². The molecule has 1 fully saturated rings. The highest BCUT2D eigenvalue weighted by Gasteiger charge is 2.18. The molecule has 1 aliphatic carbocycles. The summed E-state index contributed by atoms with van der Waals surface area (Å²) in [5.74, 6) is 1.97. The molecule has 104 valence electrons. The summed E-state index contributed by atoms with van der Waals surface area (Å²) in [6, 6.07) is 6.51. The summed E-state index contributed by atoms with van der Waals surface area (Å²) in [6.45, 7) is 0. The fourth-order valence-electron chi connectivity index (χ4n) is 2.49. The lowest BCUT2D eigenvalue weighted by molar-refractivity contribution is 0.429. The van der Waals surface area contributed by atoms with E-state index < -0.39 is 0 Å². The van der Waals surface area contributed by atoms with Gasteiger partial charge in [-0.05, 0) is 37.1 Å². The molecule has 0 amide bonds. The van der Waals surface area contributed by atoms with E-state index in [1.807, 2.05) is 0 Å². The number of phenolic OH excluding ortho intramolecular Hbond substituents is 1. The number of azo groups is 1. The zero-order chi connectivity index (χ0) is 13.8. The van der Waals surface area contributed by atoms with Gasteiger partial charge in [-0.2, -0.15) is 4.98 Å². The van der Waals surface area contributed by atoms with Crippen molar-refractivity contribution in [2.45, 2.75) is 38.0 Å². The first-order chi connectivity index (χ1) is 9.81. The van der Waals surface area contributed by atoms with Crippen LogP contribution in [0.25, 0.3) is 0 Å². The van der Waals surface area contributed by atoms with E-state index >= 15 is 0 Å². The Labute approximate surface area is 117 Å². The van der Waals surface area contributed by atoms with Crippen molar-refractivity contribution in [3.63, 3.8) is 0 Å². The number of H-pyrrole nitrogens is 1. The minimum atomic E-state index is 0.210. The van der Waals surface area contributed by atoms with Gasteiger partial charge in [0.15, 0.2) is 0 Å². The molecular weight excluding hydrogens is 254 g/mol. The Morgan fingerprint density at radius 3 is 2.55 bits per heavy atom. The van der Waals surface area contributed by atoms with Crippen LogP contribution in [0.5, 0.6) is 5.75 Å². The number of aromatic hydroxyl groups is 1. The fraction of sp³-hybridized carbons (Fsp3) is 0.429. The number of aromatic amines is 1. The van der Waals surface area contributed by atoms with Crippen molar-refractivity contribution in [3.8, 4) is 5.75 Å². The van der Waals surface area contributed by atoms with Gasteiger partial charge in [0.2, 0.25) is 0 Å². The van der Waals surface area contributed by atoms with Gasteiger partial charge >= 0.3 is 0 Å². The van der Waals surface area contributed by atoms with Crippen molar-refractivity contribution in [1.29, 1.82) is 0 Å². The smallest absolute Gasteiger partial charge is 0.287 e. The predicted octanol–water partition coefficient (Wildman–Crippen LogP) is 3.97. The number of benzene rings is 1. The molecule has 3 rings (SSSR count). The van der Waals surface area contributed by atoms with Gasteiger partial charge in [0.05, 0.1) is 5.69 Å². The lowest BCUT2D eigenvalue weighted by Crippen LogP contribution is -2.06. The summed E-state index contributed by atoms with van der Waals surface area (Å²) in [7, 11) is 0. The van der Waals surface area contributed by atoms with Crippen LogP contribution in [0.2, 0.25) is 0 Å². The number of aromatic nitrogens is 3. The van der Waals surface area contributed by atoms with Crippen LogP contribution < -0.4 is 0 Å². The zero-order valence-electron chi connectivity index (χ0n) is 11.2. The molecule has 6 nitrogen and oxygen atoms in total. The molecule has 2 N–H and O–H groups in total. The number of rotatable bonds is 3. The highest BCUT2D eigenvalue weighted by molar-refractivity contribution is 5.40. The molecule has 0 radical (unpaired) electrons. The average molecular weight is 271 g/mol. The Morgan fingerprint density at radius 1 is 1.05 bits per heavy atom. The van der Waals surface area contributed by atoms with Crippen molar-refractivity contribution >= 4 is 11.6 Å². The summed E-state index contributed by atoms with van der Waals surface area (Å²) in [6.07, 6.45) is 6.18. The molecule has 0 unspecified atom stereocenters. The monoisotopic (exact) mass is 271 g/mol. The summed E-state index contributed by atoms with van der Waals surface area (Å²) in [5.41, 5.74) is 0.659. The van der Waals surface area contributed by atoms with Gasteiger partial charge in [-0.3, -0.25) is 5.10 Å². The average Bonchev–Trinajstić information content (AvgIpc) is 2.97. The van der Waals surface area contributed by atoms with Crippen LogP contribution >= 0.6 is 0 Å². The van der Waals surface area contributed by atoms with E-state index in [0.29, 0.717) is 17.6 Å². The van der Waals surface area contributed by atoms with Gasteiger partial charge in [0.25, 0.3) is 5.95 Å². The Bertz CT molecular complexity index is 584. The predicted molar refractivity (Wildman–Crippen MR) is 74.5 cm³/mol. The molecule has 0 atom stereocenters. The first kappa shape index (κ1) is 12.8. The SMILES string of the molecule is Oc1ccc(N=Nc2n[nH]c(C3CCCCC3)n2)cc1. The lowest BCUT2D eigenvalue weighted by atomic mass is 9.89. The summed E-state index contributed by atoms with van der Waals surface area (Å²) in [4.78, 5) is 4.39. The largest absolute Gasteiger partial charge is 0.508 e. The number of nitrogens with one attached hydrogen (secondary N) is 1. The van der Waals surface area contributed by atoms with E-state index in [1.54, 1.807) is 24.3 Å². The highest BCUT2D eigenvalue weighted by atomic mass is 16.3. The number of hydrogen-bond donors (Lipinski definition) is 2. The van der Waals surface area contributed by atoms with Crippen molar-refractivity contribution in [3.05, 3.63) is 30.1 Å². The van der Waals surface area contributed by atoms with Crippen molar-refractivity contribution in [2.75, 3.05) is 0 Å². The van der Waals surface area contributed by atoms with Gasteiger partial charge in [-0.25, -0.2) is 0 Å². The number of phenols is 1. The molecule has 1 aromatic heterocycles. The van der Waals surface area contributed by atoms with Gasteiger partial charge in [0.1, 0.15) is 11.6 Å². The van der Waals surface area contributed by atoms with Crippen molar-refractivity contribution < 1.29 is 5.11 Å². The molecule has 0 saturated heterocycles. The van der Waals surface area contributed by atoms with Crippen LogP contribution in [0.4, 0.5) is 11.6 Å². The maximum absolute atomic E-state index is 9.19. The molecule has 1 aliphatic rings. The minimum absolute atomic E-state index is 0.210. The van der Waals surface area contributed by atoms with Crippen LogP contribution in [-0.2, 0) is 0 Å². The Kier molecular flexibility index (Phi) is 3.71. The standard InChI is InChI=1S/C14H17N5O/c20-12-8-6-11(7-9-12)16-18-14-15-13(17-19-14)10-4-2-1-3-5-10/h6-10,20H,1-5H2,(H,15,17,19). The maximum Gasteiger partial charge on any atom is 0.287 e. The second-order valence-corrected chi connectivity index (χ2v) is 5.07. The van der Waals surface area contributed by atoms with E-state index in [-0.39, 0.29) is 5.75 Å². The highest BCUT2D eigenvalue weighted by Crippen LogP contribution is 2.31. The van der Waals surface area contributed by atoms with Gasteiger partial charge in [-0.15, -0.1) is 15.3 Å². The molecular formula is C14H17N5O. The molecule has 0 aliphatic heterocycles. The third-order valence-corrected chi connectivity index (χ3v) is 3.59. The summed E-state index contributed by atoms with van der Waals surface area (Å²) in [5, 5.41) is 24.3. The molecule has 20 heavy (non-hydrogen) atoms. The molecule has 1 saturated carbocycles. The van der Waals surface area contributed by atoms with E-state index in [2.05, 4.69) is 25.4 Å². The second kappa shape index (κ2) is 5.81. The normalized spacial score (nSPS) is 16.8. The van der Waals surface area contributed by atoms with E-state index in [9.17, 15) is 5.11 Å². The van der Waals surface area contributed by atoms with Crippen molar-refractivity contribution in [2.24, 2.45) is 10.2 Å². The third-order valence-electron chi connectivity index (χ3n) is 3.59. The van der Waals surface area contributed by atoms with Gasteiger partial charge in [0, 0.05) is 5.92 Å². The van der Waals surface area contributed by atoms with Crippen molar-refractivity contribution in [1.82, 2.24) is 15.2 Å². The Hall–Kier alpha value is -2.24. The van der Waals surface area contributed by atoms with Crippen LogP contribution in [-0.4, -0.2) is 20.3 Å². The molecule has 0 bridgehead atoms. The molecule has 6 heteroatoms. The van der Waals surface area contributed by atoms with Crippen LogP contribution in [0.1, 0.15) is 43.8 Å². The van der Waals surface area contributed by atoms with Crippen LogP contribution in [0, 0.1) is 0 Å². The van der Waals surface area contributed by atoms with E-state index in [4.69, 9.17) is 0 Å². The second-order valence-electron chi connectivity index (χ2n) is 5.07. The minimum Gasteiger partial charge on any atom is -0.508 e. The molecule has 1 heterocycles. The topological polar surface area (TPSA) is 86.5 Å². The number of nitrogens with zero attached hydrogens (tertiary/aromatic N) is 4. The molecule has 1 aromatic carbocycles. The summed E-state index contributed by atoms with van der Waals surface area (Å²) < 4.78 is 0. The maximum atomic E-state index is 9.19. The quantitative estimate of drug-likeness (QED) is 0.828. The van der Waals surface area contributed by atoms with Crippen LogP contribution in [0.3, 0.4) is 0 Å². The first-order valence-corrected chi connectivity index (χ1v) is 6.94. The Balaban J connectivity index is 1.68. The Morgan fingerprint density at radius 2 is 1.80 bits per heavy atom. The zero-order valence-corrected chi connectivity index (χ0v) is 11.2.